The smallest absolute Gasteiger partial charge is 0.0998 e. The molecule has 0 bridgehead atoms. The monoisotopic (exact) mass is 221 g/mol. The van der Waals surface area contributed by atoms with Gasteiger partial charge in [0.2, 0.25) is 0 Å². The number of nitrogens with zero attached hydrogens (tertiary/aromatic N) is 3. The number of aromatic nitrogens is 3. The zero-order valence-corrected chi connectivity index (χ0v) is 9.46. The lowest BCUT2D eigenvalue weighted by Gasteiger charge is -2.06. The molecule has 0 atom stereocenters. The Kier molecular flexibility index (Phi) is 2.29. The summed E-state index contributed by atoms with van der Waals surface area (Å²) in [6, 6.07) is 14.5. The highest BCUT2D eigenvalue weighted by Gasteiger charge is 2.07. The van der Waals surface area contributed by atoms with Crippen LogP contribution in [0.15, 0.2) is 48.7 Å². The molecule has 0 aliphatic heterocycles. The van der Waals surface area contributed by atoms with Gasteiger partial charge in [0.05, 0.1) is 11.9 Å². The van der Waals surface area contributed by atoms with Crippen molar-refractivity contribution < 1.29 is 0 Å². The molecule has 0 radical (unpaired) electrons. The molecule has 0 unspecified atom stereocenters. The summed E-state index contributed by atoms with van der Waals surface area (Å²) < 4.78 is 0. The van der Waals surface area contributed by atoms with Gasteiger partial charge in [-0.05, 0) is 28.5 Å². The van der Waals surface area contributed by atoms with Crippen LogP contribution in [0.4, 0.5) is 0 Å². The Hall–Kier alpha value is -2.29. The standard InChI is InChI=1S/C14H11N3/c1-10-9-15-17-16-14(10)13-8-4-6-11-5-2-3-7-12(11)13/h2-9H,1H3. The molecule has 82 valence electrons. The van der Waals surface area contributed by atoms with Gasteiger partial charge in [-0.1, -0.05) is 42.5 Å². The van der Waals surface area contributed by atoms with E-state index in [1.807, 2.05) is 25.1 Å². The molecule has 0 spiro atoms. The molecular formula is C14H11N3. The van der Waals surface area contributed by atoms with E-state index in [4.69, 9.17) is 0 Å². The topological polar surface area (TPSA) is 38.7 Å². The molecule has 3 rings (SSSR count). The third-order valence-corrected chi connectivity index (χ3v) is 2.87. The van der Waals surface area contributed by atoms with E-state index in [1.54, 1.807) is 6.20 Å². The molecule has 17 heavy (non-hydrogen) atoms. The van der Waals surface area contributed by atoms with Gasteiger partial charge in [-0.3, -0.25) is 0 Å². The summed E-state index contributed by atoms with van der Waals surface area (Å²) in [7, 11) is 0. The lowest BCUT2D eigenvalue weighted by molar-refractivity contribution is 0.860. The maximum Gasteiger partial charge on any atom is 0.0998 e. The molecule has 0 aliphatic carbocycles. The summed E-state index contributed by atoms with van der Waals surface area (Å²) in [5.41, 5.74) is 3.05. The Bertz CT molecular complexity index is 672. The summed E-state index contributed by atoms with van der Waals surface area (Å²) in [6.45, 7) is 2.00. The Morgan fingerprint density at radius 2 is 1.76 bits per heavy atom. The minimum Gasteiger partial charge on any atom is -0.138 e. The van der Waals surface area contributed by atoms with Crippen LogP contribution in [-0.4, -0.2) is 15.4 Å². The maximum atomic E-state index is 4.14. The highest BCUT2D eigenvalue weighted by atomic mass is 15.3. The molecule has 0 N–H and O–H groups in total. The Morgan fingerprint density at radius 3 is 2.65 bits per heavy atom. The van der Waals surface area contributed by atoms with Crippen LogP contribution >= 0.6 is 0 Å². The van der Waals surface area contributed by atoms with Crippen molar-refractivity contribution in [2.75, 3.05) is 0 Å². The summed E-state index contributed by atoms with van der Waals surface area (Å²) in [5.74, 6) is 0. The van der Waals surface area contributed by atoms with Crippen LogP contribution in [0.2, 0.25) is 0 Å². The van der Waals surface area contributed by atoms with E-state index in [1.165, 1.54) is 10.8 Å². The Morgan fingerprint density at radius 1 is 0.941 bits per heavy atom. The fourth-order valence-corrected chi connectivity index (χ4v) is 2.02. The van der Waals surface area contributed by atoms with Crippen LogP contribution in [0.5, 0.6) is 0 Å². The van der Waals surface area contributed by atoms with E-state index in [2.05, 4.69) is 39.7 Å². The SMILES string of the molecule is Cc1cnnnc1-c1cccc2ccccc12. The van der Waals surface area contributed by atoms with E-state index >= 15 is 0 Å². The molecule has 0 saturated carbocycles. The number of aryl methyl sites for hydroxylation is 1. The van der Waals surface area contributed by atoms with Crippen molar-refractivity contribution >= 4 is 10.8 Å². The van der Waals surface area contributed by atoms with Crippen LogP contribution in [-0.2, 0) is 0 Å². The Labute approximate surface area is 99.1 Å². The number of hydrogen-bond donors (Lipinski definition) is 0. The van der Waals surface area contributed by atoms with Gasteiger partial charge in [-0.25, -0.2) is 0 Å². The van der Waals surface area contributed by atoms with E-state index < -0.39 is 0 Å². The summed E-state index contributed by atoms with van der Waals surface area (Å²) in [4.78, 5) is 0. The minimum absolute atomic E-state index is 0.900. The molecule has 1 aromatic heterocycles. The second-order valence-corrected chi connectivity index (χ2v) is 3.99. The van der Waals surface area contributed by atoms with Crippen molar-refractivity contribution in [1.82, 2.24) is 15.4 Å². The van der Waals surface area contributed by atoms with Gasteiger partial charge in [-0.15, -0.1) is 10.2 Å². The van der Waals surface area contributed by atoms with Gasteiger partial charge in [0.25, 0.3) is 0 Å². The summed E-state index contributed by atoms with van der Waals surface area (Å²) in [6.07, 6.45) is 1.74. The van der Waals surface area contributed by atoms with Gasteiger partial charge in [0.15, 0.2) is 0 Å². The first-order valence-electron chi connectivity index (χ1n) is 5.49. The number of hydrogen-bond acceptors (Lipinski definition) is 3. The predicted octanol–water partition coefficient (Wildman–Crippen LogP) is 3.00. The average molecular weight is 221 g/mol. The first-order valence-corrected chi connectivity index (χ1v) is 5.49. The lowest BCUT2D eigenvalue weighted by Crippen LogP contribution is -1.94. The van der Waals surface area contributed by atoms with Crippen LogP contribution in [0.1, 0.15) is 5.56 Å². The van der Waals surface area contributed by atoms with Crippen LogP contribution in [0, 0.1) is 6.92 Å². The first kappa shape index (κ1) is 9.90. The minimum atomic E-state index is 0.900. The van der Waals surface area contributed by atoms with E-state index in [0.717, 1.165) is 16.8 Å². The third-order valence-electron chi connectivity index (χ3n) is 2.87. The van der Waals surface area contributed by atoms with Crippen molar-refractivity contribution in [3.63, 3.8) is 0 Å². The zero-order valence-electron chi connectivity index (χ0n) is 9.46. The third kappa shape index (κ3) is 1.65. The molecular weight excluding hydrogens is 210 g/mol. The maximum absolute atomic E-state index is 4.14. The lowest BCUT2D eigenvalue weighted by atomic mass is 10.0. The normalized spacial score (nSPS) is 10.6. The van der Waals surface area contributed by atoms with Gasteiger partial charge in [-0.2, -0.15) is 0 Å². The number of rotatable bonds is 1. The second-order valence-electron chi connectivity index (χ2n) is 3.99. The fraction of sp³-hybridized carbons (Fsp3) is 0.0714. The van der Waals surface area contributed by atoms with Gasteiger partial charge in [0, 0.05) is 5.56 Å². The molecule has 3 aromatic rings. The zero-order chi connectivity index (χ0) is 11.7. The van der Waals surface area contributed by atoms with Crippen molar-refractivity contribution in [3.8, 4) is 11.3 Å². The highest BCUT2D eigenvalue weighted by molar-refractivity contribution is 5.96. The van der Waals surface area contributed by atoms with E-state index in [0.29, 0.717) is 0 Å². The highest BCUT2D eigenvalue weighted by Crippen LogP contribution is 2.28. The molecule has 3 heteroatoms. The van der Waals surface area contributed by atoms with Crippen LogP contribution in [0.25, 0.3) is 22.0 Å². The second kappa shape index (κ2) is 3.94. The number of fused-ring (bicyclic) bond motifs is 1. The van der Waals surface area contributed by atoms with Crippen molar-refractivity contribution in [2.45, 2.75) is 6.92 Å². The summed E-state index contributed by atoms with van der Waals surface area (Å²) in [5, 5.41) is 14.1. The summed E-state index contributed by atoms with van der Waals surface area (Å²) >= 11 is 0. The van der Waals surface area contributed by atoms with E-state index in [9.17, 15) is 0 Å². The molecule has 3 nitrogen and oxygen atoms in total. The Balaban J connectivity index is 2.35. The average Bonchev–Trinajstić information content (AvgIpc) is 2.39. The van der Waals surface area contributed by atoms with Gasteiger partial charge in [0.1, 0.15) is 0 Å². The molecule has 0 amide bonds. The quantitative estimate of drug-likeness (QED) is 0.634. The first-order chi connectivity index (χ1) is 8.36. The van der Waals surface area contributed by atoms with Crippen molar-refractivity contribution in [1.29, 1.82) is 0 Å². The van der Waals surface area contributed by atoms with Crippen LogP contribution < -0.4 is 0 Å². The predicted molar refractivity (Wildman–Crippen MR) is 67.5 cm³/mol. The fourth-order valence-electron chi connectivity index (χ4n) is 2.02. The molecule has 0 fully saturated rings. The number of benzene rings is 2. The molecule has 1 heterocycles. The van der Waals surface area contributed by atoms with E-state index in [-0.39, 0.29) is 0 Å². The van der Waals surface area contributed by atoms with Gasteiger partial charge < -0.3 is 0 Å². The molecule has 0 aliphatic rings. The van der Waals surface area contributed by atoms with Crippen molar-refractivity contribution in [3.05, 3.63) is 54.2 Å². The van der Waals surface area contributed by atoms with Crippen molar-refractivity contribution in [2.24, 2.45) is 0 Å². The molecule has 0 saturated heterocycles. The largest absolute Gasteiger partial charge is 0.138 e. The van der Waals surface area contributed by atoms with Gasteiger partial charge >= 0.3 is 0 Å². The van der Waals surface area contributed by atoms with Crippen LogP contribution in [0.3, 0.4) is 0 Å². The molecule has 2 aromatic carbocycles.